The molecule has 0 spiro atoms. The van der Waals surface area contributed by atoms with Crippen LogP contribution in [0.15, 0.2) is 61.4 Å². The van der Waals surface area contributed by atoms with E-state index in [1.165, 1.54) is 6.20 Å². The lowest BCUT2D eigenvalue weighted by atomic mass is 10.1. The molecule has 7 heteroatoms. The Hall–Kier alpha value is -3.45. The van der Waals surface area contributed by atoms with Crippen LogP contribution in [0.1, 0.15) is 21.7 Å². The molecule has 0 amide bonds. The highest BCUT2D eigenvalue weighted by Gasteiger charge is 2.21. The Balaban J connectivity index is 1.78. The van der Waals surface area contributed by atoms with Gasteiger partial charge in [-0.3, -0.25) is 9.78 Å². The summed E-state index contributed by atoms with van der Waals surface area (Å²) in [4.78, 5) is 32.7. The van der Waals surface area contributed by atoms with Crippen LogP contribution in [0.3, 0.4) is 0 Å². The maximum atomic E-state index is 13.0. The molecule has 1 fully saturated rings. The van der Waals surface area contributed by atoms with Gasteiger partial charge in [0.2, 0.25) is 17.6 Å². The normalized spacial score (nSPS) is 13.9. The molecular formula is C22H21N5O2. The number of nitrogens with zero attached hydrogens (tertiary/aromatic N) is 5. The van der Waals surface area contributed by atoms with Gasteiger partial charge >= 0.3 is 0 Å². The summed E-state index contributed by atoms with van der Waals surface area (Å²) in [5, 5.41) is 0. The first-order valence-corrected chi connectivity index (χ1v) is 9.48. The van der Waals surface area contributed by atoms with Crippen LogP contribution in [0, 0.1) is 0 Å². The van der Waals surface area contributed by atoms with Gasteiger partial charge in [-0.05, 0) is 30.2 Å². The van der Waals surface area contributed by atoms with Crippen LogP contribution in [0.25, 0.3) is 11.4 Å². The minimum absolute atomic E-state index is 0.110. The fourth-order valence-electron chi connectivity index (χ4n) is 3.13. The van der Waals surface area contributed by atoms with Crippen molar-refractivity contribution in [3.05, 3.63) is 78.4 Å². The molecule has 29 heavy (non-hydrogen) atoms. The zero-order valence-corrected chi connectivity index (χ0v) is 16.0. The van der Waals surface area contributed by atoms with E-state index in [4.69, 9.17) is 4.74 Å². The van der Waals surface area contributed by atoms with Crippen LogP contribution in [-0.2, 0) is 11.2 Å². The highest BCUT2D eigenvalue weighted by Crippen LogP contribution is 2.21. The first kappa shape index (κ1) is 18.9. The summed E-state index contributed by atoms with van der Waals surface area (Å²) in [7, 11) is 0. The Morgan fingerprint density at radius 3 is 2.76 bits per heavy atom. The van der Waals surface area contributed by atoms with Gasteiger partial charge in [0, 0.05) is 36.6 Å². The lowest BCUT2D eigenvalue weighted by Crippen LogP contribution is -2.37. The minimum Gasteiger partial charge on any atom is -0.378 e. The predicted octanol–water partition coefficient (Wildman–Crippen LogP) is 2.73. The minimum atomic E-state index is -0.279. The van der Waals surface area contributed by atoms with Gasteiger partial charge in [0.05, 0.1) is 13.2 Å². The molecule has 0 saturated carbocycles. The maximum Gasteiger partial charge on any atom is 0.231 e. The van der Waals surface area contributed by atoms with Crippen LogP contribution in [0.4, 0.5) is 5.95 Å². The summed E-state index contributed by atoms with van der Waals surface area (Å²) >= 11 is 0. The molecule has 7 nitrogen and oxygen atoms in total. The van der Waals surface area contributed by atoms with Crippen LogP contribution in [0.5, 0.6) is 0 Å². The number of hydrogen-bond acceptors (Lipinski definition) is 7. The second-order valence-electron chi connectivity index (χ2n) is 6.65. The number of carbonyl (C=O) groups excluding carboxylic acids is 1. The summed E-state index contributed by atoms with van der Waals surface area (Å²) in [5.74, 6) is 0.788. The monoisotopic (exact) mass is 387 g/mol. The van der Waals surface area contributed by atoms with Gasteiger partial charge < -0.3 is 9.64 Å². The van der Waals surface area contributed by atoms with Crippen molar-refractivity contribution in [1.29, 1.82) is 0 Å². The number of hydrogen-bond donors (Lipinski definition) is 0. The number of ketones is 1. The van der Waals surface area contributed by atoms with Crippen molar-refractivity contribution < 1.29 is 9.53 Å². The van der Waals surface area contributed by atoms with Crippen molar-refractivity contribution >= 4 is 11.7 Å². The molecule has 0 unspecified atom stereocenters. The quantitative estimate of drug-likeness (QED) is 0.475. The molecule has 1 aliphatic rings. The lowest BCUT2D eigenvalue weighted by Gasteiger charge is -2.27. The fourth-order valence-corrected chi connectivity index (χ4v) is 3.13. The van der Waals surface area contributed by atoms with Crippen molar-refractivity contribution in [2.24, 2.45) is 0 Å². The zero-order chi connectivity index (χ0) is 20.1. The Morgan fingerprint density at radius 2 is 2.00 bits per heavy atom. The van der Waals surface area contributed by atoms with Gasteiger partial charge in [0.25, 0.3) is 0 Å². The van der Waals surface area contributed by atoms with Gasteiger partial charge in [-0.1, -0.05) is 24.3 Å². The van der Waals surface area contributed by atoms with E-state index in [1.54, 1.807) is 18.3 Å². The van der Waals surface area contributed by atoms with Crippen LogP contribution >= 0.6 is 0 Å². The van der Waals surface area contributed by atoms with Gasteiger partial charge in [-0.15, -0.1) is 6.58 Å². The van der Waals surface area contributed by atoms with E-state index < -0.39 is 0 Å². The molecule has 146 valence electrons. The second-order valence-corrected chi connectivity index (χ2v) is 6.65. The van der Waals surface area contributed by atoms with Crippen LogP contribution in [0.2, 0.25) is 0 Å². The zero-order valence-electron chi connectivity index (χ0n) is 16.0. The molecule has 0 radical (unpaired) electrons. The van der Waals surface area contributed by atoms with E-state index in [9.17, 15) is 4.79 Å². The molecule has 3 heterocycles. The summed E-state index contributed by atoms with van der Waals surface area (Å²) in [6.45, 7) is 6.33. The number of morpholine rings is 1. The number of benzene rings is 1. The SMILES string of the molecule is C=CCc1cccc(-c2nc(C(=O)c3cccnc3)nc(N3CCOCC3)n2)c1. The second kappa shape index (κ2) is 8.70. The summed E-state index contributed by atoms with van der Waals surface area (Å²) < 4.78 is 5.43. The van der Waals surface area contributed by atoms with E-state index in [0.29, 0.717) is 43.6 Å². The van der Waals surface area contributed by atoms with Gasteiger partial charge in [-0.25, -0.2) is 4.98 Å². The molecule has 3 aromatic rings. The highest BCUT2D eigenvalue weighted by molar-refractivity contribution is 6.06. The van der Waals surface area contributed by atoms with Crippen LogP contribution in [-0.4, -0.2) is 52.0 Å². The third-order valence-electron chi connectivity index (χ3n) is 4.61. The summed E-state index contributed by atoms with van der Waals surface area (Å²) in [6, 6.07) is 11.3. The highest BCUT2D eigenvalue weighted by atomic mass is 16.5. The van der Waals surface area contributed by atoms with Gasteiger partial charge in [0.1, 0.15) is 0 Å². The smallest absolute Gasteiger partial charge is 0.231 e. The number of carbonyl (C=O) groups is 1. The number of aromatic nitrogens is 4. The Morgan fingerprint density at radius 1 is 1.14 bits per heavy atom. The van der Waals surface area contributed by atoms with Crippen molar-refractivity contribution in [1.82, 2.24) is 19.9 Å². The molecule has 1 aliphatic heterocycles. The van der Waals surface area contributed by atoms with Crippen LogP contribution < -0.4 is 4.90 Å². The number of rotatable bonds is 6. The Bertz CT molecular complexity index is 1020. The molecule has 0 N–H and O–H groups in total. The predicted molar refractivity (Wildman–Crippen MR) is 110 cm³/mol. The van der Waals surface area contributed by atoms with E-state index in [-0.39, 0.29) is 11.6 Å². The van der Waals surface area contributed by atoms with Gasteiger partial charge in [-0.2, -0.15) is 9.97 Å². The molecule has 0 atom stereocenters. The van der Waals surface area contributed by atoms with Gasteiger partial charge in [0.15, 0.2) is 5.82 Å². The molecule has 0 bridgehead atoms. The first-order chi connectivity index (χ1) is 14.2. The molecule has 0 aliphatic carbocycles. The van der Waals surface area contributed by atoms with Crippen molar-refractivity contribution in [2.45, 2.75) is 6.42 Å². The lowest BCUT2D eigenvalue weighted by molar-refractivity contribution is 0.102. The molecule has 1 aromatic carbocycles. The number of anilines is 1. The standard InChI is InChI=1S/C22H21N5O2/c1-2-5-16-6-3-7-17(14-16)20-24-21(19(28)18-8-4-9-23-15-18)26-22(25-20)27-10-12-29-13-11-27/h2-4,6-9,14-15H,1,5,10-13H2. The molecular weight excluding hydrogens is 366 g/mol. The Labute approximate surface area is 169 Å². The Kier molecular flexibility index (Phi) is 5.67. The fraction of sp³-hybridized carbons (Fsp3) is 0.227. The maximum absolute atomic E-state index is 13.0. The average Bonchev–Trinajstić information content (AvgIpc) is 2.80. The van der Waals surface area contributed by atoms with E-state index >= 15 is 0 Å². The van der Waals surface area contributed by atoms with E-state index in [1.807, 2.05) is 35.2 Å². The van der Waals surface area contributed by atoms with Crippen molar-refractivity contribution in [3.8, 4) is 11.4 Å². The third-order valence-corrected chi connectivity index (χ3v) is 4.61. The number of pyridine rings is 1. The third kappa shape index (κ3) is 4.35. The topological polar surface area (TPSA) is 81.1 Å². The number of allylic oxidation sites excluding steroid dienone is 1. The van der Waals surface area contributed by atoms with E-state index in [2.05, 4.69) is 26.5 Å². The average molecular weight is 387 g/mol. The largest absolute Gasteiger partial charge is 0.378 e. The number of ether oxygens (including phenoxy) is 1. The molecule has 2 aromatic heterocycles. The molecule has 1 saturated heterocycles. The summed E-state index contributed by atoms with van der Waals surface area (Å²) in [6.07, 6.45) is 5.74. The van der Waals surface area contributed by atoms with Crippen molar-refractivity contribution in [2.75, 3.05) is 31.2 Å². The first-order valence-electron chi connectivity index (χ1n) is 9.48. The molecule has 4 rings (SSSR count). The van der Waals surface area contributed by atoms with Crippen molar-refractivity contribution in [3.63, 3.8) is 0 Å². The summed E-state index contributed by atoms with van der Waals surface area (Å²) in [5.41, 5.74) is 2.38. The van der Waals surface area contributed by atoms with E-state index in [0.717, 1.165) is 17.5 Å².